The van der Waals surface area contributed by atoms with Crippen LogP contribution in [0.5, 0.6) is 0 Å². The maximum Gasteiger partial charge on any atom is 0.270 e. The van der Waals surface area contributed by atoms with Crippen LogP contribution in [0.1, 0.15) is 42.3 Å². The fourth-order valence-electron chi connectivity index (χ4n) is 4.29. The van der Waals surface area contributed by atoms with E-state index in [0.717, 1.165) is 6.92 Å². The van der Waals surface area contributed by atoms with E-state index in [2.05, 4.69) is 10.6 Å². The summed E-state index contributed by atoms with van der Waals surface area (Å²) in [6, 6.07) is 17.7. The number of amides is 1. The Balaban J connectivity index is 1.77. The maximum atomic E-state index is 14.4. The van der Waals surface area contributed by atoms with Gasteiger partial charge >= 0.3 is 0 Å². The van der Waals surface area contributed by atoms with Crippen LogP contribution in [-0.4, -0.2) is 37.4 Å². The number of nitrogens with one attached hydrogen (secondary N) is 2. The van der Waals surface area contributed by atoms with Crippen molar-refractivity contribution in [2.45, 2.75) is 44.2 Å². The van der Waals surface area contributed by atoms with Crippen molar-refractivity contribution < 1.29 is 22.9 Å². The van der Waals surface area contributed by atoms with Crippen LogP contribution in [0.3, 0.4) is 0 Å². The number of imidazole rings is 1. The van der Waals surface area contributed by atoms with Gasteiger partial charge in [0.25, 0.3) is 11.8 Å². The van der Waals surface area contributed by atoms with Crippen LogP contribution in [0.4, 0.5) is 20.4 Å². The van der Waals surface area contributed by atoms with Gasteiger partial charge in [0, 0.05) is 44.9 Å². The number of carbonyl (C=O) groups is 1. The molecule has 0 spiro atoms. The zero-order chi connectivity index (χ0) is 29.2. The second-order valence-electron chi connectivity index (χ2n) is 9.86. The normalized spacial score (nSPS) is 14.2. The molecule has 4 aromatic rings. The number of benzene rings is 3. The Morgan fingerprint density at radius 3 is 2.42 bits per heavy atom. The molecule has 1 aromatic heterocycles. The highest BCUT2D eigenvalue weighted by molar-refractivity contribution is 14.2. The van der Waals surface area contributed by atoms with E-state index in [4.69, 9.17) is 16.2 Å². The summed E-state index contributed by atoms with van der Waals surface area (Å²) in [7, 11) is 0. The van der Waals surface area contributed by atoms with E-state index in [0.29, 0.717) is 38.7 Å². The molecular weight excluding hydrogens is 669 g/mol. The molecule has 0 saturated carbocycles. The molecule has 1 amide bonds. The highest BCUT2D eigenvalue weighted by Gasteiger charge is 2.28. The fraction of sp³-hybridized carbons (Fsp3) is 0.286. The zero-order valence-electron chi connectivity index (χ0n) is 22.0. The van der Waals surface area contributed by atoms with Crippen molar-refractivity contribution in [3.8, 4) is 0 Å². The molecule has 0 bridgehead atoms. The van der Waals surface area contributed by atoms with Crippen LogP contribution in [0.15, 0.2) is 71.6 Å². The van der Waals surface area contributed by atoms with Gasteiger partial charge < -0.3 is 20.3 Å². The van der Waals surface area contributed by atoms with Crippen LogP contribution < -0.4 is 10.6 Å². The third-order valence-corrected chi connectivity index (χ3v) is 9.48. The first-order valence-corrected chi connectivity index (χ1v) is 17.5. The summed E-state index contributed by atoms with van der Waals surface area (Å²) < 4.78 is 42.9. The van der Waals surface area contributed by atoms with Gasteiger partial charge in [0.15, 0.2) is 0 Å². The largest absolute Gasteiger partial charge is 0.394 e. The summed E-state index contributed by atoms with van der Waals surface area (Å²) in [5.74, 6) is -2.98. The minimum Gasteiger partial charge on any atom is -0.394 e. The number of hydrogen-bond acceptors (Lipinski definition) is 6. The number of hydrogen-bond donors (Lipinski definition) is 3. The van der Waals surface area contributed by atoms with Crippen molar-refractivity contribution in [2.24, 2.45) is 5.92 Å². The van der Waals surface area contributed by atoms with Crippen molar-refractivity contribution >= 4 is 66.6 Å². The predicted octanol–water partition coefficient (Wildman–Crippen LogP) is 6.14. The lowest BCUT2D eigenvalue weighted by atomic mass is 10.0. The molecule has 7 nitrogen and oxygen atoms in total. The predicted molar refractivity (Wildman–Crippen MR) is 166 cm³/mol. The lowest BCUT2D eigenvalue weighted by Gasteiger charge is -2.20. The molecule has 0 radical (unpaired) electrons. The lowest BCUT2D eigenvalue weighted by molar-refractivity contribution is 0.0165. The summed E-state index contributed by atoms with van der Waals surface area (Å²) in [5.41, 5.74) is -0.141. The molecule has 0 aliphatic heterocycles. The number of alkyl halides is 2. The van der Waals surface area contributed by atoms with E-state index in [1.54, 1.807) is 86.4 Å². The van der Waals surface area contributed by atoms with Crippen molar-refractivity contribution in [1.82, 2.24) is 14.9 Å². The Hall–Kier alpha value is -2.68. The molecule has 4 rings (SSSR count). The molecule has 212 valence electrons. The standard InChI is InChI=1S/C28H29F2IN4O3S2/c1-17(2)24(16-36)33-26(37)18-8-13-25-23(14-18)34-27(32-20-9-11-21(12-10-20)40(31,38)39)35(25)15-19-6-4-5-7-22(19)28(3,29)30/h4-14,17,24,36H,15-16H2,1-3H3,(H,32,34)(H,33,37)/t24-,40?/m1/s1. The topological polar surface area (TPSA) is 96.2 Å². The van der Waals surface area contributed by atoms with Crippen LogP contribution in [-0.2, 0) is 29.3 Å². The molecule has 0 aliphatic rings. The number of nitrogens with zero attached hydrogens (tertiary/aromatic N) is 2. The highest BCUT2D eigenvalue weighted by atomic mass is 127. The summed E-state index contributed by atoms with van der Waals surface area (Å²) >= 11 is 6.79. The monoisotopic (exact) mass is 698 g/mol. The quantitative estimate of drug-likeness (QED) is 0.136. The summed E-state index contributed by atoms with van der Waals surface area (Å²) in [6.07, 6.45) is 0. The SMILES string of the molecule is CC(C)[C@@H](CO)NC(=O)c1ccc2c(c1)nc(Nc1ccc(S(=O)(=S)I)cc1)n2Cc1ccccc1C(C)(F)F. The van der Waals surface area contributed by atoms with E-state index < -0.39 is 17.6 Å². The van der Waals surface area contributed by atoms with Crippen LogP contribution >= 0.6 is 21.2 Å². The van der Waals surface area contributed by atoms with Crippen LogP contribution in [0, 0.1) is 5.92 Å². The highest BCUT2D eigenvalue weighted by Crippen LogP contribution is 2.32. The zero-order valence-corrected chi connectivity index (χ0v) is 25.8. The third kappa shape index (κ3) is 6.96. The van der Waals surface area contributed by atoms with Gasteiger partial charge in [-0.25, -0.2) is 18.0 Å². The van der Waals surface area contributed by atoms with Gasteiger partial charge in [-0.1, -0.05) is 38.1 Å². The molecule has 2 atom stereocenters. The fourth-order valence-corrected chi connectivity index (χ4v) is 5.96. The van der Waals surface area contributed by atoms with Gasteiger partial charge in [-0.05, 0) is 65.1 Å². The molecule has 1 heterocycles. The molecule has 1 unspecified atom stereocenters. The van der Waals surface area contributed by atoms with Gasteiger partial charge in [-0.15, -0.1) is 0 Å². The average molecular weight is 699 g/mol. The maximum absolute atomic E-state index is 14.4. The minimum absolute atomic E-state index is 0.0390. The molecular formula is C28H29F2IN4O3S2. The van der Waals surface area contributed by atoms with Crippen LogP contribution in [0.25, 0.3) is 11.0 Å². The Morgan fingerprint density at radius 1 is 1.15 bits per heavy atom. The van der Waals surface area contributed by atoms with E-state index in [9.17, 15) is 22.9 Å². The second kappa shape index (κ2) is 12.0. The van der Waals surface area contributed by atoms with Gasteiger partial charge in [0.05, 0.1) is 35.1 Å². The number of carbonyl (C=O) groups excluding carboxylic acids is 1. The van der Waals surface area contributed by atoms with Gasteiger partial charge in [0.1, 0.15) is 5.66 Å². The minimum atomic E-state index is -3.04. The number of aliphatic hydroxyl groups is 1. The van der Waals surface area contributed by atoms with Gasteiger partial charge in [-0.3, -0.25) is 4.79 Å². The average Bonchev–Trinajstić information content (AvgIpc) is 3.22. The van der Waals surface area contributed by atoms with Crippen molar-refractivity contribution in [2.75, 3.05) is 11.9 Å². The Morgan fingerprint density at radius 2 is 1.82 bits per heavy atom. The molecule has 0 saturated heterocycles. The molecule has 40 heavy (non-hydrogen) atoms. The second-order valence-corrected chi connectivity index (χ2v) is 18.1. The van der Waals surface area contributed by atoms with Crippen molar-refractivity contribution in [3.63, 3.8) is 0 Å². The van der Waals surface area contributed by atoms with Crippen molar-refractivity contribution in [1.29, 1.82) is 0 Å². The lowest BCUT2D eigenvalue weighted by Crippen LogP contribution is -2.41. The van der Waals surface area contributed by atoms with Gasteiger partial charge in [-0.2, -0.15) is 0 Å². The van der Waals surface area contributed by atoms with Gasteiger partial charge in [0.2, 0.25) is 5.95 Å². The number of aliphatic hydroxyl groups excluding tert-OH is 1. The molecule has 12 heteroatoms. The number of aromatic nitrogens is 2. The van der Waals surface area contributed by atoms with E-state index >= 15 is 0 Å². The number of halogens is 3. The number of fused-ring (bicyclic) bond motifs is 1. The third-order valence-electron chi connectivity index (χ3n) is 6.54. The Labute approximate surface area is 248 Å². The summed E-state index contributed by atoms with van der Waals surface area (Å²) in [4.78, 5) is 18.1. The first-order chi connectivity index (χ1) is 18.8. The van der Waals surface area contributed by atoms with Crippen molar-refractivity contribution in [3.05, 3.63) is 83.4 Å². The molecule has 3 aromatic carbocycles. The van der Waals surface area contributed by atoms with E-state index in [-0.39, 0.29) is 30.5 Å². The molecule has 3 N–H and O–H groups in total. The summed E-state index contributed by atoms with van der Waals surface area (Å²) in [5, 5.41) is 15.7. The molecule has 0 fully saturated rings. The Bertz CT molecular complexity index is 1640. The number of rotatable bonds is 10. The summed E-state index contributed by atoms with van der Waals surface area (Å²) in [6.45, 7) is 4.58. The molecule has 0 aliphatic carbocycles. The smallest absolute Gasteiger partial charge is 0.270 e. The first kappa shape index (κ1) is 30.3. The number of anilines is 2. The Kier molecular flexibility index (Phi) is 9.12. The van der Waals surface area contributed by atoms with E-state index in [1.807, 2.05) is 13.8 Å². The van der Waals surface area contributed by atoms with Crippen LogP contribution in [0.2, 0.25) is 0 Å². The van der Waals surface area contributed by atoms with E-state index in [1.165, 1.54) is 6.07 Å². The first-order valence-electron chi connectivity index (χ1n) is 12.5.